The van der Waals surface area contributed by atoms with Crippen LogP contribution in [0.1, 0.15) is 30.6 Å². The highest BCUT2D eigenvalue weighted by molar-refractivity contribution is 5.99. The van der Waals surface area contributed by atoms with Crippen LogP contribution >= 0.6 is 0 Å². The summed E-state index contributed by atoms with van der Waals surface area (Å²) in [5.41, 5.74) is 5.91. The summed E-state index contributed by atoms with van der Waals surface area (Å²) in [6.45, 7) is 5.52. The molecule has 0 aliphatic carbocycles. The molecule has 0 saturated carbocycles. The van der Waals surface area contributed by atoms with Gasteiger partial charge in [-0.1, -0.05) is 13.8 Å². The first-order valence-electron chi connectivity index (χ1n) is 6.73. The molecule has 1 amide bonds. The molecule has 6 heteroatoms. The number of piperidine rings is 1. The maximum absolute atomic E-state index is 12.5. The molecule has 0 aromatic heterocycles. The first kappa shape index (κ1) is 14.3. The molecule has 20 heavy (non-hydrogen) atoms. The van der Waals surface area contributed by atoms with E-state index in [-0.39, 0.29) is 17.2 Å². The fraction of sp³-hybridized carbons (Fsp3) is 0.500. The fourth-order valence-corrected chi connectivity index (χ4v) is 2.50. The summed E-state index contributed by atoms with van der Waals surface area (Å²) in [6, 6.07) is 4.12. The highest BCUT2D eigenvalue weighted by atomic mass is 16.6. The maximum atomic E-state index is 12.5. The number of hydrogen-bond donors (Lipinski definition) is 1. The third-order valence-electron chi connectivity index (χ3n) is 4.07. The van der Waals surface area contributed by atoms with E-state index < -0.39 is 4.92 Å². The number of nitro groups is 1. The van der Waals surface area contributed by atoms with Crippen LogP contribution in [-0.4, -0.2) is 28.8 Å². The van der Waals surface area contributed by atoms with Gasteiger partial charge in [0.1, 0.15) is 5.56 Å². The van der Waals surface area contributed by atoms with E-state index in [1.165, 1.54) is 18.2 Å². The second-order valence-electron chi connectivity index (χ2n) is 5.53. The van der Waals surface area contributed by atoms with Crippen molar-refractivity contribution >= 4 is 17.3 Å². The van der Waals surface area contributed by atoms with Crippen LogP contribution < -0.4 is 5.73 Å². The quantitative estimate of drug-likeness (QED) is 0.510. The van der Waals surface area contributed by atoms with E-state index in [2.05, 4.69) is 13.8 Å². The van der Waals surface area contributed by atoms with Gasteiger partial charge in [-0.25, -0.2) is 0 Å². The zero-order chi connectivity index (χ0) is 14.9. The van der Waals surface area contributed by atoms with Crippen LogP contribution in [0.2, 0.25) is 0 Å². The molecular formula is C14H19N3O3. The van der Waals surface area contributed by atoms with E-state index in [9.17, 15) is 14.9 Å². The number of amides is 1. The van der Waals surface area contributed by atoms with Crippen LogP contribution in [0.3, 0.4) is 0 Å². The molecule has 1 aromatic rings. The number of benzene rings is 1. The minimum Gasteiger partial charge on any atom is -0.399 e. The summed E-state index contributed by atoms with van der Waals surface area (Å²) in [6.07, 6.45) is 0.920. The average Bonchev–Trinajstić information content (AvgIpc) is 2.40. The minimum absolute atomic E-state index is 0.0803. The number of nitrogen functional groups attached to an aromatic ring is 1. The van der Waals surface area contributed by atoms with E-state index in [1.54, 1.807) is 4.90 Å². The maximum Gasteiger partial charge on any atom is 0.282 e. The largest absolute Gasteiger partial charge is 0.399 e. The molecule has 1 aliphatic heterocycles. The van der Waals surface area contributed by atoms with Crippen LogP contribution in [0.4, 0.5) is 11.4 Å². The number of nitrogens with two attached hydrogens (primary N) is 1. The lowest BCUT2D eigenvalue weighted by atomic mass is 9.88. The van der Waals surface area contributed by atoms with Crippen LogP contribution in [-0.2, 0) is 0 Å². The van der Waals surface area contributed by atoms with Crippen molar-refractivity contribution < 1.29 is 9.72 Å². The predicted octanol–water partition coefficient (Wildman–Crippen LogP) is 2.30. The van der Waals surface area contributed by atoms with Gasteiger partial charge in [-0.2, -0.15) is 0 Å². The molecule has 1 heterocycles. The summed E-state index contributed by atoms with van der Waals surface area (Å²) in [5.74, 6) is 0.658. The van der Waals surface area contributed by atoms with E-state index >= 15 is 0 Å². The number of nitro benzene ring substituents is 1. The summed E-state index contributed by atoms with van der Waals surface area (Å²) in [5, 5.41) is 11.0. The van der Waals surface area contributed by atoms with Gasteiger partial charge in [0.05, 0.1) is 4.92 Å². The molecule has 1 aromatic carbocycles. The van der Waals surface area contributed by atoms with Gasteiger partial charge in [0.25, 0.3) is 11.6 Å². The molecule has 2 N–H and O–H groups in total. The summed E-state index contributed by atoms with van der Waals surface area (Å²) >= 11 is 0. The Kier molecular flexibility index (Phi) is 3.92. The first-order valence-corrected chi connectivity index (χ1v) is 6.73. The van der Waals surface area contributed by atoms with Crippen LogP contribution in [0.25, 0.3) is 0 Å². The highest BCUT2D eigenvalue weighted by Crippen LogP contribution is 2.27. The molecule has 1 aliphatic rings. The van der Waals surface area contributed by atoms with Gasteiger partial charge in [0, 0.05) is 24.8 Å². The van der Waals surface area contributed by atoms with Crippen molar-refractivity contribution in [2.45, 2.75) is 20.3 Å². The second-order valence-corrected chi connectivity index (χ2v) is 5.53. The number of nitrogens with zero attached hydrogens (tertiary/aromatic N) is 2. The van der Waals surface area contributed by atoms with Gasteiger partial charge < -0.3 is 10.6 Å². The van der Waals surface area contributed by atoms with Gasteiger partial charge in [0.2, 0.25) is 0 Å². The lowest BCUT2D eigenvalue weighted by Gasteiger charge is -2.35. The molecule has 1 saturated heterocycles. The molecule has 0 spiro atoms. The topological polar surface area (TPSA) is 89.5 Å². The fourth-order valence-electron chi connectivity index (χ4n) is 2.50. The lowest BCUT2D eigenvalue weighted by Crippen LogP contribution is -2.42. The molecule has 2 atom stereocenters. The Hall–Kier alpha value is -2.11. The standard InChI is InChI=1S/C14H19N3O3/c1-9-5-6-16(8-10(9)2)14(18)12-7-11(15)3-4-13(12)17(19)20/h3-4,7,9-10H,5-6,8,15H2,1-2H3. The molecule has 2 rings (SSSR count). The van der Waals surface area contributed by atoms with Gasteiger partial charge in [-0.3, -0.25) is 14.9 Å². The summed E-state index contributed by atoms with van der Waals surface area (Å²) in [7, 11) is 0. The van der Waals surface area contributed by atoms with Gasteiger partial charge in [-0.05, 0) is 30.4 Å². The second kappa shape index (κ2) is 5.48. The van der Waals surface area contributed by atoms with E-state index in [0.29, 0.717) is 30.6 Å². The smallest absolute Gasteiger partial charge is 0.282 e. The Balaban J connectivity index is 2.29. The van der Waals surface area contributed by atoms with Crippen molar-refractivity contribution in [2.24, 2.45) is 11.8 Å². The van der Waals surface area contributed by atoms with Crippen LogP contribution in [0, 0.1) is 22.0 Å². The molecule has 2 unspecified atom stereocenters. The number of likely N-dealkylation sites (tertiary alicyclic amines) is 1. The van der Waals surface area contributed by atoms with Crippen molar-refractivity contribution in [3.05, 3.63) is 33.9 Å². The Morgan fingerprint density at radius 2 is 2.10 bits per heavy atom. The van der Waals surface area contributed by atoms with Gasteiger partial charge in [0.15, 0.2) is 0 Å². The van der Waals surface area contributed by atoms with Crippen molar-refractivity contribution in [1.29, 1.82) is 0 Å². The van der Waals surface area contributed by atoms with Crippen molar-refractivity contribution in [2.75, 3.05) is 18.8 Å². The first-order chi connectivity index (χ1) is 9.40. The number of rotatable bonds is 2. The molecule has 108 valence electrons. The Labute approximate surface area is 117 Å². The van der Waals surface area contributed by atoms with E-state index in [1.807, 2.05) is 0 Å². The number of anilines is 1. The zero-order valence-electron chi connectivity index (χ0n) is 11.7. The van der Waals surface area contributed by atoms with Crippen molar-refractivity contribution in [3.8, 4) is 0 Å². The highest BCUT2D eigenvalue weighted by Gasteiger charge is 2.30. The van der Waals surface area contributed by atoms with E-state index in [4.69, 9.17) is 5.73 Å². The average molecular weight is 277 g/mol. The Bertz CT molecular complexity index is 544. The number of carbonyl (C=O) groups excluding carboxylic acids is 1. The summed E-state index contributed by atoms with van der Waals surface area (Å²) < 4.78 is 0. The SMILES string of the molecule is CC1CCN(C(=O)c2cc(N)ccc2[N+](=O)[O-])CC1C. The number of carbonyl (C=O) groups is 1. The Morgan fingerprint density at radius 3 is 2.70 bits per heavy atom. The van der Waals surface area contributed by atoms with Crippen LogP contribution in [0.5, 0.6) is 0 Å². The number of hydrogen-bond acceptors (Lipinski definition) is 4. The zero-order valence-corrected chi connectivity index (χ0v) is 11.7. The van der Waals surface area contributed by atoms with E-state index in [0.717, 1.165) is 6.42 Å². The third kappa shape index (κ3) is 2.74. The van der Waals surface area contributed by atoms with Crippen molar-refractivity contribution in [3.63, 3.8) is 0 Å². The monoisotopic (exact) mass is 277 g/mol. The molecule has 0 radical (unpaired) electrons. The molecule has 6 nitrogen and oxygen atoms in total. The Morgan fingerprint density at radius 1 is 1.40 bits per heavy atom. The minimum atomic E-state index is -0.539. The molecular weight excluding hydrogens is 258 g/mol. The summed E-state index contributed by atoms with van der Waals surface area (Å²) in [4.78, 5) is 24.7. The van der Waals surface area contributed by atoms with Crippen LogP contribution in [0.15, 0.2) is 18.2 Å². The third-order valence-corrected chi connectivity index (χ3v) is 4.07. The molecule has 0 bridgehead atoms. The lowest BCUT2D eigenvalue weighted by molar-refractivity contribution is -0.385. The normalized spacial score (nSPS) is 22.6. The van der Waals surface area contributed by atoms with Gasteiger partial charge >= 0.3 is 0 Å². The molecule has 1 fully saturated rings. The van der Waals surface area contributed by atoms with Gasteiger partial charge in [-0.15, -0.1) is 0 Å². The van der Waals surface area contributed by atoms with Crippen molar-refractivity contribution in [1.82, 2.24) is 4.90 Å². The predicted molar refractivity (Wildman–Crippen MR) is 76.4 cm³/mol.